The number of para-hydroxylation sites is 1. The highest BCUT2D eigenvalue weighted by Gasteiger charge is 2.09. The standard InChI is InChI=1S/C17H18FNO3/c1-3-12-8-9-16(14(18)10-12)22-11-13-6-4-5-7-15(13)19-17(20)21-2/h4-10H,3,11H2,1-2H3,(H,19,20). The van der Waals surface area contributed by atoms with Gasteiger partial charge in [0.15, 0.2) is 11.6 Å². The predicted octanol–water partition coefficient (Wildman–Crippen LogP) is 4.15. The summed E-state index contributed by atoms with van der Waals surface area (Å²) in [4.78, 5) is 11.3. The first kappa shape index (κ1) is 15.8. The van der Waals surface area contributed by atoms with E-state index >= 15 is 0 Å². The van der Waals surface area contributed by atoms with Gasteiger partial charge in [0.05, 0.1) is 12.8 Å². The van der Waals surface area contributed by atoms with Gasteiger partial charge in [-0.1, -0.05) is 31.2 Å². The lowest BCUT2D eigenvalue weighted by Gasteiger charge is -2.12. The van der Waals surface area contributed by atoms with Crippen LogP contribution < -0.4 is 10.1 Å². The topological polar surface area (TPSA) is 47.6 Å². The number of nitrogens with one attached hydrogen (secondary N) is 1. The second-order valence-electron chi connectivity index (χ2n) is 4.68. The number of carbonyl (C=O) groups is 1. The van der Waals surface area contributed by atoms with E-state index in [0.717, 1.165) is 17.5 Å². The van der Waals surface area contributed by atoms with Crippen LogP contribution in [0, 0.1) is 5.82 Å². The quantitative estimate of drug-likeness (QED) is 0.902. The zero-order valence-corrected chi connectivity index (χ0v) is 12.6. The minimum Gasteiger partial charge on any atom is -0.486 e. The molecular weight excluding hydrogens is 285 g/mol. The van der Waals surface area contributed by atoms with Crippen molar-refractivity contribution in [3.05, 3.63) is 59.4 Å². The second-order valence-corrected chi connectivity index (χ2v) is 4.68. The molecule has 1 N–H and O–H groups in total. The van der Waals surface area contributed by atoms with Crippen LogP contribution in [0.5, 0.6) is 5.75 Å². The van der Waals surface area contributed by atoms with Crippen molar-refractivity contribution in [1.29, 1.82) is 0 Å². The fourth-order valence-electron chi connectivity index (χ4n) is 1.97. The van der Waals surface area contributed by atoms with E-state index in [9.17, 15) is 9.18 Å². The fraction of sp³-hybridized carbons (Fsp3) is 0.235. The minimum atomic E-state index is -0.564. The minimum absolute atomic E-state index is 0.141. The molecule has 22 heavy (non-hydrogen) atoms. The number of halogens is 1. The molecule has 0 saturated heterocycles. The molecule has 2 aromatic carbocycles. The number of carbonyl (C=O) groups excluding carboxylic acids is 1. The van der Waals surface area contributed by atoms with Gasteiger partial charge in [-0.05, 0) is 30.2 Å². The lowest BCUT2D eigenvalue weighted by molar-refractivity contribution is 0.187. The van der Waals surface area contributed by atoms with Crippen LogP contribution in [0.4, 0.5) is 14.9 Å². The number of hydrogen-bond acceptors (Lipinski definition) is 3. The Morgan fingerprint density at radius 3 is 2.68 bits per heavy atom. The van der Waals surface area contributed by atoms with Gasteiger partial charge in [-0.2, -0.15) is 0 Å². The van der Waals surface area contributed by atoms with Crippen molar-refractivity contribution >= 4 is 11.8 Å². The van der Waals surface area contributed by atoms with E-state index in [0.29, 0.717) is 5.69 Å². The van der Waals surface area contributed by atoms with Gasteiger partial charge in [-0.25, -0.2) is 9.18 Å². The van der Waals surface area contributed by atoms with Crippen LogP contribution in [0.3, 0.4) is 0 Å². The molecule has 0 fully saturated rings. The number of benzene rings is 2. The molecule has 0 bridgehead atoms. The van der Waals surface area contributed by atoms with E-state index in [1.807, 2.05) is 19.1 Å². The maximum absolute atomic E-state index is 13.9. The molecule has 0 unspecified atom stereocenters. The normalized spacial score (nSPS) is 10.1. The van der Waals surface area contributed by atoms with Gasteiger partial charge in [0.2, 0.25) is 0 Å². The zero-order valence-electron chi connectivity index (χ0n) is 12.6. The van der Waals surface area contributed by atoms with E-state index in [-0.39, 0.29) is 12.4 Å². The SMILES string of the molecule is CCc1ccc(OCc2ccccc2NC(=O)OC)c(F)c1. The summed E-state index contributed by atoms with van der Waals surface area (Å²) < 4.78 is 24.0. The van der Waals surface area contributed by atoms with Gasteiger partial charge in [0.1, 0.15) is 6.61 Å². The average molecular weight is 303 g/mol. The monoisotopic (exact) mass is 303 g/mol. The van der Waals surface area contributed by atoms with E-state index in [1.54, 1.807) is 24.3 Å². The van der Waals surface area contributed by atoms with Crippen LogP contribution in [0.2, 0.25) is 0 Å². The second kappa shape index (κ2) is 7.45. The lowest BCUT2D eigenvalue weighted by atomic mass is 10.1. The van der Waals surface area contributed by atoms with E-state index in [2.05, 4.69) is 10.1 Å². The summed E-state index contributed by atoms with van der Waals surface area (Å²) in [5, 5.41) is 2.59. The fourth-order valence-corrected chi connectivity index (χ4v) is 1.97. The van der Waals surface area contributed by atoms with Crippen molar-refractivity contribution < 1.29 is 18.7 Å². The molecule has 4 nitrogen and oxygen atoms in total. The Balaban J connectivity index is 2.10. The largest absolute Gasteiger partial charge is 0.486 e. The van der Waals surface area contributed by atoms with E-state index < -0.39 is 11.9 Å². The number of hydrogen-bond donors (Lipinski definition) is 1. The summed E-state index contributed by atoms with van der Waals surface area (Å²) in [7, 11) is 1.29. The summed E-state index contributed by atoms with van der Waals surface area (Å²) in [6.07, 6.45) is 0.203. The Labute approximate surface area is 128 Å². The Hall–Kier alpha value is -2.56. The summed E-state index contributed by atoms with van der Waals surface area (Å²) in [5.74, 6) is -0.206. The predicted molar refractivity (Wildman–Crippen MR) is 82.6 cm³/mol. The molecule has 2 rings (SSSR count). The number of amides is 1. The van der Waals surface area contributed by atoms with Crippen molar-refractivity contribution in [2.24, 2.45) is 0 Å². The number of aryl methyl sites for hydroxylation is 1. The van der Waals surface area contributed by atoms with Crippen LogP contribution in [0.1, 0.15) is 18.1 Å². The summed E-state index contributed by atoms with van der Waals surface area (Å²) in [6.45, 7) is 2.10. The number of ether oxygens (including phenoxy) is 2. The zero-order chi connectivity index (χ0) is 15.9. The molecule has 116 valence electrons. The highest BCUT2D eigenvalue weighted by atomic mass is 19.1. The molecule has 0 aromatic heterocycles. The molecule has 0 aliphatic heterocycles. The Bertz CT molecular complexity index is 658. The molecule has 0 atom stereocenters. The smallest absolute Gasteiger partial charge is 0.411 e. The van der Waals surface area contributed by atoms with Crippen molar-refractivity contribution in [3.63, 3.8) is 0 Å². The van der Waals surface area contributed by atoms with Crippen molar-refractivity contribution in [1.82, 2.24) is 0 Å². The number of rotatable bonds is 5. The summed E-state index contributed by atoms with van der Waals surface area (Å²) >= 11 is 0. The van der Waals surface area contributed by atoms with Gasteiger partial charge in [0, 0.05) is 5.56 Å². The molecule has 1 amide bonds. The van der Waals surface area contributed by atoms with Crippen LogP contribution in [0.25, 0.3) is 0 Å². The Morgan fingerprint density at radius 2 is 2.00 bits per heavy atom. The number of methoxy groups -OCH3 is 1. The first-order valence-electron chi connectivity index (χ1n) is 6.98. The maximum atomic E-state index is 13.9. The Kier molecular flexibility index (Phi) is 5.36. The van der Waals surface area contributed by atoms with Crippen LogP contribution in [-0.4, -0.2) is 13.2 Å². The van der Waals surface area contributed by atoms with Crippen molar-refractivity contribution in [2.45, 2.75) is 20.0 Å². The van der Waals surface area contributed by atoms with Crippen LogP contribution in [-0.2, 0) is 17.8 Å². The van der Waals surface area contributed by atoms with Gasteiger partial charge in [-0.15, -0.1) is 0 Å². The van der Waals surface area contributed by atoms with Gasteiger partial charge >= 0.3 is 6.09 Å². The van der Waals surface area contributed by atoms with Crippen LogP contribution in [0.15, 0.2) is 42.5 Å². The molecule has 0 aliphatic carbocycles. The van der Waals surface area contributed by atoms with Gasteiger partial charge < -0.3 is 9.47 Å². The highest BCUT2D eigenvalue weighted by Crippen LogP contribution is 2.22. The first-order chi connectivity index (χ1) is 10.6. The third kappa shape index (κ3) is 3.97. The third-order valence-corrected chi connectivity index (χ3v) is 3.23. The molecule has 0 heterocycles. The molecule has 0 aliphatic rings. The van der Waals surface area contributed by atoms with Crippen molar-refractivity contribution in [2.75, 3.05) is 12.4 Å². The maximum Gasteiger partial charge on any atom is 0.411 e. The van der Waals surface area contributed by atoms with Crippen LogP contribution >= 0.6 is 0 Å². The van der Waals surface area contributed by atoms with E-state index in [4.69, 9.17) is 4.74 Å². The average Bonchev–Trinajstić information content (AvgIpc) is 2.54. The Morgan fingerprint density at radius 1 is 1.23 bits per heavy atom. The van der Waals surface area contributed by atoms with Crippen molar-refractivity contribution in [3.8, 4) is 5.75 Å². The molecule has 5 heteroatoms. The first-order valence-corrected chi connectivity index (χ1v) is 6.98. The lowest BCUT2D eigenvalue weighted by Crippen LogP contribution is -2.13. The third-order valence-electron chi connectivity index (χ3n) is 3.23. The van der Waals surface area contributed by atoms with Gasteiger partial charge in [-0.3, -0.25) is 5.32 Å². The molecule has 0 radical (unpaired) electrons. The molecule has 2 aromatic rings. The summed E-state index contributed by atoms with van der Waals surface area (Å²) in [6, 6.07) is 12.0. The summed E-state index contributed by atoms with van der Waals surface area (Å²) in [5.41, 5.74) is 2.21. The van der Waals surface area contributed by atoms with E-state index in [1.165, 1.54) is 13.2 Å². The molecule has 0 spiro atoms. The molecule has 0 saturated carbocycles. The molecular formula is C17H18FNO3. The van der Waals surface area contributed by atoms with Gasteiger partial charge in [0.25, 0.3) is 0 Å². The number of anilines is 1. The highest BCUT2D eigenvalue weighted by molar-refractivity contribution is 5.85.